The molecule has 0 saturated heterocycles. The van der Waals surface area contributed by atoms with Crippen molar-refractivity contribution in [3.8, 4) is 22.3 Å². The summed E-state index contributed by atoms with van der Waals surface area (Å²) in [6.07, 6.45) is 2.42. The van der Waals surface area contributed by atoms with Crippen LogP contribution in [0.25, 0.3) is 54.6 Å². The molecule has 0 fully saturated rings. The number of hydrogen-bond acceptors (Lipinski definition) is 0. The summed E-state index contributed by atoms with van der Waals surface area (Å²) in [5, 5.41) is 8.00. The van der Waals surface area contributed by atoms with Gasteiger partial charge in [0.15, 0.2) is 0 Å². The van der Waals surface area contributed by atoms with Gasteiger partial charge >= 0.3 is 0 Å². The van der Waals surface area contributed by atoms with Gasteiger partial charge in [0.25, 0.3) is 0 Å². The first-order chi connectivity index (χ1) is 20.4. The van der Waals surface area contributed by atoms with E-state index in [4.69, 9.17) is 0 Å². The molecular formula is C43H44. The van der Waals surface area contributed by atoms with E-state index in [2.05, 4.69) is 152 Å². The number of aryl methyl sites for hydroxylation is 1. The highest BCUT2D eigenvalue weighted by molar-refractivity contribution is 6.24. The van der Waals surface area contributed by atoms with Gasteiger partial charge in [0.1, 0.15) is 0 Å². The molecule has 43 heavy (non-hydrogen) atoms. The van der Waals surface area contributed by atoms with Gasteiger partial charge < -0.3 is 0 Å². The zero-order valence-corrected chi connectivity index (χ0v) is 27.2. The molecule has 0 heterocycles. The fraction of sp³-hybridized carbons (Fsp3) is 0.302. The van der Waals surface area contributed by atoms with Crippen LogP contribution in [0.4, 0.5) is 0 Å². The quantitative estimate of drug-likeness (QED) is 0.185. The van der Waals surface area contributed by atoms with Crippen LogP contribution in [0.3, 0.4) is 0 Å². The lowest BCUT2D eigenvalue weighted by molar-refractivity contribution is 0.331. The maximum atomic E-state index is 2.46. The van der Waals surface area contributed by atoms with E-state index in [1.165, 1.54) is 78.5 Å². The van der Waals surface area contributed by atoms with Crippen molar-refractivity contribution in [2.45, 2.75) is 84.5 Å². The molecular weight excluding hydrogens is 516 g/mol. The first-order valence-corrected chi connectivity index (χ1v) is 16.0. The molecule has 0 aliphatic heterocycles. The lowest BCUT2D eigenvalue weighted by Crippen LogP contribution is -2.35. The van der Waals surface area contributed by atoms with Crippen LogP contribution in [0.1, 0.15) is 83.6 Å². The second-order valence-electron chi connectivity index (χ2n) is 15.2. The van der Waals surface area contributed by atoms with Crippen molar-refractivity contribution in [3.63, 3.8) is 0 Å². The van der Waals surface area contributed by atoms with Crippen molar-refractivity contribution in [2.75, 3.05) is 0 Å². The Morgan fingerprint density at radius 2 is 0.884 bits per heavy atom. The van der Waals surface area contributed by atoms with Crippen molar-refractivity contribution in [3.05, 3.63) is 119 Å². The minimum Gasteiger partial charge on any atom is -0.0616 e. The minimum absolute atomic E-state index is 0.0667. The van der Waals surface area contributed by atoms with Crippen molar-refractivity contribution in [2.24, 2.45) is 0 Å². The smallest absolute Gasteiger partial charge is 0.00201 e. The minimum atomic E-state index is 0.0667. The highest BCUT2D eigenvalue weighted by Crippen LogP contribution is 2.53. The first-order valence-electron chi connectivity index (χ1n) is 16.0. The molecule has 0 radical (unpaired) electrons. The third-order valence-corrected chi connectivity index (χ3v) is 10.3. The van der Waals surface area contributed by atoms with Gasteiger partial charge in [-0.05, 0) is 113 Å². The zero-order chi connectivity index (χ0) is 30.3. The summed E-state index contributed by atoms with van der Waals surface area (Å²) < 4.78 is 0. The molecule has 7 rings (SSSR count). The molecule has 0 unspecified atom stereocenters. The third-order valence-electron chi connectivity index (χ3n) is 10.3. The van der Waals surface area contributed by atoms with E-state index in [1.807, 2.05) is 0 Å². The first kappa shape index (κ1) is 27.9. The summed E-state index contributed by atoms with van der Waals surface area (Å²) in [6.45, 7) is 19.1. The maximum Gasteiger partial charge on any atom is -0.00201 e. The monoisotopic (exact) mass is 560 g/mol. The molecule has 6 aromatic rings. The highest BCUT2D eigenvalue weighted by atomic mass is 14.4. The predicted molar refractivity (Wildman–Crippen MR) is 189 cm³/mol. The molecule has 1 aliphatic rings. The summed E-state index contributed by atoms with van der Waals surface area (Å²) in [5.74, 6) is 0. The largest absolute Gasteiger partial charge is 0.0616 e. The number of hydrogen-bond donors (Lipinski definition) is 0. The van der Waals surface area contributed by atoms with Crippen LogP contribution in [-0.2, 0) is 16.2 Å². The van der Waals surface area contributed by atoms with Crippen LogP contribution < -0.4 is 0 Å². The highest BCUT2D eigenvalue weighted by Gasteiger charge is 2.40. The lowest BCUT2D eigenvalue weighted by atomic mass is 9.60. The number of rotatable bonds is 2. The van der Waals surface area contributed by atoms with Crippen molar-refractivity contribution in [1.29, 1.82) is 0 Å². The van der Waals surface area contributed by atoms with E-state index in [9.17, 15) is 0 Å². The fourth-order valence-corrected chi connectivity index (χ4v) is 8.25. The van der Waals surface area contributed by atoms with Crippen LogP contribution in [0.15, 0.2) is 97.1 Å². The van der Waals surface area contributed by atoms with Gasteiger partial charge in [0.2, 0.25) is 0 Å². The normalized spacial score (nSPS) is 16.1. The zero-order valence-electron chi connectivity index (χ0n) is 27.2. The lowest BCUT2D eigenvalue weighted by Gasteiger charge is -2.44. The van der Waals surface area contributed by atoms with E-state index in [0.717, 1.165) is 0 Å². The Morgan fingerprint density at radius 3 is 1.40 bits per heavy atom. The van der Waals surface area contributed by atoms with Crippen LogP contribution in [0.5, 0.6) is 0 Å². The third kappa shape index (κ3) is 4.25. The van der Waals surface area contributed by atoms with Crippen molar-refractivity contribution in [1.82, 2.24) is 0 Å². The summed E-state index contributed by atoms with van der Waals surface area (Å²) in [7, 11) is 0. The molecule has 1 aliphatic carbocycles. The van der Waals surface area contributed by atoms with E-state index < -0.39 is 0 Å². The van der Waals surface area contributed by atoms with Crippen molar-refractivity contribution >= 4 is 32.3 Å². The van der Waals surface area contributed by atoms with E-state index in [-0.39, 0.29) is 16.2 Å². The van der Waals surface area contributed by atoms with Gasteiger partial charge in [0, 0.05) is 0 Å². The maximum absolute atomic E-state index is 2.46. The topological polar surface area (TPSA) is 0 Å². The summed E-state index contributed by atoms with van der Waals surface area (Å²) in [5.41, 5.74) is 11.7. The molecule has 0 N–H and O–H groups in total. The predicted octanol–water partition coefficient (Wildman–Crippen LogP) is 12.4. The molecule has 0 nitrogen and oxygen atoms in total. The molecule has 0 saturated carbocycles. The van der Waals surface area contributed by atoms with Crippen molar-refractivity contribution < 1.29 is 0 Å². The van der Waals surface area contributed by atoms with Gasteiger partial charge in [-0.15, -0.1) is 0 Å². The van der Waals surface area contributed by atoms with Crippen LogP contribution in [0, 0.1) is 6.92 Å². The van der Waals surface area contributed by atoms with Gasteiger partial charge in [-0.2, -0.15) is 0 Å². The molecule has 0 spiro atoms. The number of benzene rings is 6. The Hall–Kier alpha value is -3.90. The van der Waals surface area contributed by atoms with Gasteiger partial charge in [-0.3, -0.25) is 0 Å². The van der Waals surface area contributed by atoms with Gasteiger partial charge in [-0.25, -0.2) is 0 Å². The van der Waals surface area contributed by atoms with Gasteiger partial charge in [0.05, 0.1) is 0 Å². The Bertz CT molecular complexity index is 2000. The summed E-state index contributed by atoms with van der Waals surface area (Å²) >= 11 is 0. The standard InChI is InChI=1S/C43H44/c1-27-21-22-35(40-39(27)42(5,6)25-26-43(40,7)8)38-32-19-13-11-17-30(32)37(31-18-12-14-20-33(31)38)34-23-24-36(41(2,3)4)29-16-10-9-15-28(29)34/h9-24H,25-26H2,1-8H3. The average Bonchev–Trinajstić information content (AvgIpc) is 2.97. The second-order valence-corrected chi connectivity index (χ2v) is 15.2. The van der Waals surface area contributed by atoms with Crippen LogP contribution >= 0.6 is 0 Å². The molecule has 0 heteroatoms. The Labute approximate surface area is 257 Å². The molecule has 0 aromatic heterocycles. The molecule has 6 aromatic carbocycles. The second kappa shape index (κ2) is 9.55. The fourth-order valence-electron chi connectivity index (χ4n) is 8.25. The van der Waals surface area contributed by atoms with Crippen LogP contribution in [0.2, 0.25) is 0 Å². The van der Waals surface area contributed by atoms with E-state index >= 15 is 0 Å². The van der Waals surface area contributed by atoms with E-state index in [0.29, 0.717) is 0 Å². The average molecular weight is 561 g/mol. The molecule has 216 valence electrons. The molecule has 0 atom stereocenters. The summed E-state index contributed by atoms with van der Waals surface area (Å²) in [6, 6.07) is 36.9. The van der Waals surface area contributed by atoms with Crippen LogP contribution in [-0.4, -0.2) is 0 Å². The Balaban J connectivity index is 1.65. The number of fused-ring (bicyclic) bond motifs is 4. The Morgan fingerprint density at radius 1 is 0.465 bits per heavy atom. The molecule has 0 amide bonds. The summed E-state index contributed by atoms with van der Waals surface area (Å²) in [4.78, 5) is 0. The molecule has 0 bridgehead atoms. The Kier molecular flexibility index (Phi) is 6.20. The van der Waals surface area contributed by atoms with Gasteiger partial charge in [-0.1, -0.05) is 146 Å². The SMILES string of the molecule is Cc1ccc(-c2c3ccccc3c(-c3ccc(C(C)(C)C)c4ccccc34)c3ccccc23)c2c1C(C)(C)CCC2(C)C. The van der Waals surface area contributed by atoms with E-state index in [1.54, 1.807) is 11.1 Å².